The van der Waals surface area contributed by atoms with Crippen LogP contribution in [0.3, 0.4) is 0 Å². The van der Waals surface area contributed by atoms with Gasteiger partial charge in [0.05, 0.1) is 23.1 Å². The summed E-state index contributed by atoms with van der Waals surface area (Å²) in [6.07, 6.45) is -3.96. The normalized spacial score (nSPS) is 20.5. The minimum atomic E-state index is -4.72. The zero-order valence-corrected chi connectivity index (χ0v) is 21.1. The number of ketones is 1. The van der Waals surface area contributed by atoms with Crippen LogP contribution in [0.5, 0.6) is 0 Å². The van der Waals surface area contributed by atoms with Crippen molar-refractivity contribution in [1.29, 1.82) is 0 Å². The molecule has 198 valence electrons. The number of nitrogens with one attached hydrogen (secondary N) is 1. The number of methoxy groups -OCH3 is 1. The average Bonchev–Trinajstić information content (AvgIpc) is 3.38. The number of hydrogen-bond acceptors (Lipinski definition) is 7. The van der Waals surface area contributed by atoms with E-state index >= 15 is 0 Å². The Balaban J connectivity index is 1.47. The Labute approximate surface area is 215 Å². The van der Waals surface area contributed by atoms with Crippen LogP contribution < -0.4 is 11.1 Å². The highest BCUT2D eigenvalue weighted by atomic mass is 35.5. The topological polar surface area (TPSA) is 89.6 Å². The van der Waals surface area contributed by atoms with Crippen molar-refractivity contribution in [1.82, 2.24) is 19.8 Å². The molecule has 2 aliphatic rings. The minimum absolute atomic E-state index is 0.0387. The van der Waals surface area contributed by atoms with Crippen molar-refractivity contribution in [3.63, 3.8) is 0 Å². The first-order valence-electron chi connectivity index (χ1n) is 11.9. The van der Waals surface area contributed by atoms with Crippen molar-refractivity contribution in [3.8, 4) is 0 Å². The number of carbonyl (C=O) groups is 1. The Bertz CT molecular complexity index is 1430. The van der Waals surface area contributed by atoms with Gasteiger partial charge in [0.1, 0.15) is 5.69 Å². The second-order valence-corrected chi connectivity index (χ2v) is 10.2. The van der Waals surface area contributed by atoms with E-state index in [9.17, 15) is 22.8 Å². The van der Waals surface area contributed by atoms with Gasteiger partial charge in [-0.05, 0) is 36.2 Å². The fourth-order valence-corrected chi connectivity index (χ4v) is 5.54. The third kappa shape index (κ3) is 4.69. The second-order valence-electron chi connectivity index (χ2n) is 9.76. The fourth-order valence-electron chi connectivity index (χ4n) is 5.32. The van der Waals surface area contributed by atoms with Gasteiger partial charge in [-0.25, -0.2) is 9.78 Å². The molecule has 1 fully saturated rings. The zero-order chi connectivity index (χ0) is 26.5. The Hall–Kier alpha value is -2.73. The van der Waals surface area contributed by atoms with Gasteiger partial charge in [0.15, 0.2) is 11.4 Å². The first-order valence-corrected chi connectivity index (χ1v) is 12.2. The molecule has 37 heavy (non-hydrogen) atoms. The molecule has 0 spiro atoms. The molecular formula is C25H26ClF3N4O4. The van der Waals surface area contributed by atoms with Crippen molar-refractivity contribution in [3.05, 3.63) is 61.9 Å². The summed E-state index contributed by atoms with van der Waals surface area (Å²) in [6, 6.07) is 4.37. The van der Waals surface area contributed by atoms with Crippen LogP contribution in [0.15, 0.2) is 27.4 Å². The maximum atomic E-state index is 14.0. The Morgan fingerprint density at radius 1 is 1.32 bits per heavy atom. The van der Waals surface area contributed by atoms with Gasteiger partial charge >= 0.3 is 11.9 Å². The highest BCUT2D eigenvalue weighted by molar-refractivity contribution is 6.32. The van der Waals surface area contributed by atoms with E-state index in [-0.39, 0.29) is 19.7 Å². The molecule has 8 nitrogen and oxygen atoms in total. The van der Waals surface area contributed by atoms with Crippen LogP contribution in [0.1, 0.15) is 39.3 Å². The lowest BCUT2D eigenvalue weighted by atomic mass is 9.80. The average molecular weight is 539 g/mol. The number of aromatic nitrogens is 2. The number of oxazole rings is 1. The van der Waals surface area contributed by atoms with Crippen LogP contribution in [-0.2, 0) is 37.5 Å². The molecule has 0 amide bonds. The number of alkyl halides is 3. The van der Waals surface area contributed by atoms with Gasteiger partial charge in [-0.15, -0.1) is 0 Å². The molecule has 4 heterocycles. The summed E-state index contributed by atoms with van der Waals surface area (Å²) < 4.78 is 54.0. The van der Waals surface area contributed by atoms with E-state index < -0.39 is 34.4 Å². The lowest BCUT2D eigenvalue weighted by Gasteiger charge is -2.29. The molecule has 0 aliphatic carbocycles. The van der Waals surface area contributed by atoms with Gasteiger partial charge in [0.2, 0.25) is 0 Å². The maximum Gasteiger partial charge on any atom is 0.419 e. The smallest absolute Gasteiger partial charge is 0.408 e. The summed E-state index contributed by atoms with van der Waals surface area (Å²) in [6.45, 7) is 1.79. The van der Waals surface area contributed by atoms with E-state index in [1.54, 1.807) is 19.2 Å². The number of benzene rings is 1. The van der Waals surface area contributed by atoms with Crippen LogP contribution in [0, 0.1) is 5.41 Å². The summed E-state index contributed by atoms with van der Waals surface area (Å²) in [4.78, 5) is 31.9. The molecule has 5 rings (SSSR count). The zero-order valence-electron chi connectivity index (χ0n) is 20.4. The monoisotopic (exact) mass is 538 g/mol. The van der Waals surface area contributed by atoms with Crippen molar-refractivity contribution < 1.29 is 27.1 Å². The first kappa shape index (κ1) is 25.9. The Morgan fingerprint density at radius 3 is 2.84 bits per heavy atom. The van der Waals surface area contributed by atoms with E-state index in [1.165, 1.54) is 11.7 Å². The number of aryl methyl sites for hydroxylation is 1. The molecule has 3 aromatic rings. The highest BCUT2D eigenvalue weighted by Crippen LogP contribution is 2.40. The Morgan fingerprint density at radius 2 is 2.11 bits per heavy atom. The van der Waals surface area contributed by atoms with Gasteiger partial charge in [0.25, 0.3) is 0 Å². The number of fused-ring (bicyclic) bond motifs is 2. The van der Waals surface area contributed by atoms with Crippen LogP contribution in [0.2, 0.25) is 5.02 Å². The first-order chi connectivity index (χ1) is 17.5. The molecule has 1 aromatic carbocycles. The van der Waals surface area contributed by atoms with Crippen LogP contribution in [0.4, 0.5) is 13.2 Å². The van der Waals surface area contributed by atoms with E-state index in [0.29, 0.717) is 65.4 Å². The van der Waals surface area contributed by atoms with Gasteiger partial charge in [-0.2, -0.15) is 13.2 Å². The molecule has 0 bridgehead atoms. The third-order valence-corrected chi connectivity index (χ3v) is 7.61. The number of rotatable bonds is 6. The second kappa shape index (κ2) is 9.54. The van der Waals surface area contributed by atoms with Gasteiger partial charge in [-0.3, -0.25) is 14.3 Å². The lowest BCUT2D eigenvalue weighted by molar-refractivity contribution is -0.138. The third-order valence-electron chi connectivity index (χ3n) is 7.26. The number of likely N-dealkylation sites (tertiary alicyclic amines) is 1. The van der Waals surface area contributed by atoms with Crippen molar-refractivity contribution in [2.45, 2.75) is 32.1 Å². The van der Waals surface area contributed by atoms with Crippen LogP contribution in [0.25, 0.3) is 11.1 Å². The molecule has 0 saturated carbocycles. The molecule has 0 radical (unpaired) electrons. The molecule has 1 saturated heterocycles. The summed E-state index contributed by atoms with van der Waals surface area (Å²) in [5.74, 6) is -1.17. The summed E-state index contributed by atoms with van der Waals surface area (Å²) in [5, 5.41) is 3.44. The predicted molar refractivity (Wildman–Crippen MR) is 130 cm³/mol. The predicted octanol–water partition coefficient (Wildman–Crippen LogP) is 3.57. The van der Waals surface area contributed by atoms with E-state index in [4.69, 9.17) is 20.8 Å². The van der Waals surface area contributed by atoms with Crippen LogP contribution in [-0.4, -0.2) is 53.6 Å². The lowest BCUT2D eigenvalue weighted by Crippen LogP contribution is -2.40. The number of pyridine rings is 1. The maximum absolute atomic E-state index is 14.0. The summed E-state index contributed by atoms with van der Waals surface area (Å²) >= 11 is 6.44. The largest absolute Gasteiger partial charge is 0.419 e. The Kier molecular flexibility index (Phi) is 6.68. The number of hydrogen-bond donors (Lipinski definition) is 1. The molecule has 1 N–H and O–H groups in total. The molecule has 12 heteroatoms. The summed E-state index contributed by atoms with van der Waals surface area (Å²) in [7, 11) is 3.02. The van der Waals surface area contributed by atoms with Gasteiger partial charge in [0, 0.05) is 63.5 Å². The number of nitrogens with zero attached hydrogens (tertiary/aromatic N) is 3. The van der Waals surface area contributed by atoms with Crippen molar-refractivity contribution in [2.75, 3.05) is 33.4 Å². The number of Topliss-reactive ketones (excluding diaryl/α,β-unsaturated/α-hetero) is 1. The SMILES string of the molecule is COCC1(C(=O)c2nc3c(cc2C(F)(F)F)CNCC3)CCN(Cc2cc3c(cc2Cl)oc(=O)n3C)C1. The van der Waals surface area contributed by atoms with E-state index in [1.807, 2.05) is 4.90 Å². The van der Waals surface area contributed by atoms with Crippen LogP contribution >= 0.6 is 11.6 Å². The van der Waals surface area contributed by atoms with Crippen molar-refractivity contribution >= 4 is 28.5 Å². The number of halogens is 4. The quantitative estimate of drug-likeness (QED) is 0.480. The number of carbonyl (C=O) groups excluding carboxylic acids is 1. The van der Waals surface area contributed by atoms with Gasteiger partial charge < -0.3 is 14.5 Å². The highest BCUT2D eigenvalue weighted by Gasteiger charge is 2.49. The number of ether oxygens (including phenoxy) is 1. The fraction of sp³-hybridized carbons (Fsp3) is 0.480. The molecule has 1 atom stereocenters. The van der Waals surface area contributed by atoms with Crippen molar-refractivity contribution in [2.24, 2.45) is 12.5 Å². The minimum Gasteiger partial charge on any atom is -0.408 e. The van der Waals surface area contributed by atoms with E-state index in [2.05, 4.69) is 10.3 Å². The molecule has 2 aliphatic heterocycles. The molecule has 2 aromatic heterocycles. The van der Waals surface area contributed by atoms with Gasteiger partial charge in [-0.1, -0.05) is 11.6 Å². The molecule has 1 unspecified atom stereocenters. The van der Waals surface area contributed by atoms with E-state index in [0.717, 1.165) is 6.07 Å². The standard InChI is InChI=1S/C25H26ClF3N4O4/c1-32-19-8-15(17(26)9-20(19)37-23(32)35)11-33-6-4-24(12-33,13-36-2)22(34)21-16(25(27,28)29)7-14-10-30-5-3-18(14)31-21/h7-9,30H,3-6,10-13H2,1-2H3. The summed E-state index contributed by atoms with van der Waals surface area (Å²) in [5.41, 5.74) is -0.122. The molecular weight excluding hydrogens is 513 g/mol.